The number of hydrogen-bond donors (Lipinski definition) is 1. The van der Waals surface area contributed by atoms with E-state index in [2.05, 4.69) is 15.0 Å². The van der Waals surface area contributed by atoms with Crippen LogP contribution in [0.15, 0.2) is 61.2 Å². The summed E-state index contributed by atoms with van der Waals surface area (Å²) in [6, 6.07) is 7.49. The molecule has 10 nitrogen and oxygen atoms in total. The fourth-order valence-electron chi connectivity index (χ4n) is 5.55. The Balaban J connectivity index is 1.35. The van der Waals surface area contributed by atoms with Crippen LogP contribution in [0.3, 0.4) is 0 Å². The summed E-state index contributed by atoms with van der Waals surface area (Å²) in [4.78, 5) is 41.1. The van der Waals surface area contributed by atoms with Crippen molar-refractivity contribution < 1.29 is 31.2 Å². The van der Waals surface area contributed by atoms with Gasteiger partial charge in [0.25, 0.3) is 5.91 Å². The number of anilines is 1. The number of hydrogen-bond acceptors (Lipinski definition) is 7. The van der Waals surface area contributed by atoms with Crippen LogP contribution in [0.4, 0.5) is 18.9 Å². The molecule has 1 aliphatic carbocycles. The number of rotatable bonds is 8. The topological polar surface area (TPSA) is 127 Å². The number of ketones is 1. The van der Waals surface area contributed by atoms with Crippen molar-refractivity contribution in [2.45, 2.75) is 31.4 Å². The molecule has 2 aliphatic rings. The van der Waals surface area contributed by atoms with Crippen molar-refractivity contribution in [2.75, 3.05) is 17.8 Å². The van der Waals surface area contributed by atoms with E-state index in [4.69, 9.17) is 23.2 Å². The SMILES string of the molecule is O=C(c1c(F)ccc(NS(=O)(=O)N2CC[C@@H](F)C2)c1F)c1cn(C(=O)c2c(Cl)cccc2Cl)c2ncc(-c3cnc(C4CC4)nc3)cc12. The molecule has 0 amide bonds. The summed E-state index contributed by atoms with van der Waals surface area (Å²) in [6.45, 7) is -0.575. The van der Waals surface area contributed by atoms with Gasteiger partial charge in [-0.1, -0.05) is 29.3 Å². The zero-order valence-corrected chi connectivity index (χ0v) is 27.0. The summed E-state index contributed by atoms with van der Waals surface area (Å²) < 4.78 is 74.4. The lowest BCUT2D eigenvalue weighted by atomic mass is 10.0. The van der Waals surface area contributed by atoms with E-state index in [1.54, 1.807) is 12.4 Å². The molecule has 1 atom stereocenters. The second-order valence-electron chi connectivity index (χ2n) is 11.5. The molecule has 1 saturated carbocycles. The Morgan fingerprint density at radius 3 is 2.25 bits per heavy atom. The molecule has 3 aromatic heterocycles. The lowest BCUT2D eigenvalue weighted by molar-refractivity contribution is 0.0964. The summed E-state index contributed by atoms with van der Waals surface area (Å²) in [5, 5.41) is 0.0675. The van der Waals surface area contributed by atoms with Gasteiger partial charge in [-0.15, -0.1) is 0 Å². The number of pyridine rings is 1. The predicted molar refractivity (Wildman–Crippen MR) is 172 cm³/mol. The minimum absolute atomic E-state index is 0.0147. The molecule has 48 heavy (non-hydrogen) atoms. The number of nitrogens with one attached hydrogen (secondary N) is 1. The van der Waals surface area contributed by atoms with Crippen LogP contribution in [0.5, 0.6) is 0 Å². The van der Waals surface area contributed by atoms with Gasteiger partial charge in [0.15, 0.2) is 5.82 Å². The minimum atomic E-state index is -4.44. The van der Waals surface area contributed by atoms with Gasteiger partial charge in [-0.2, -0.15) is 12.7 Å². The molecular formula is C32H23Cl2F3N6O4S. The van der Waals surface area contributed by atoms with Crippen LogP contribution in [0, 0.1) is 11.6 Å². The standard InChI is InChI=1S/C32H23Cl2F3N6O4S/c33-22-2-1-3-23(34)26(22)32(45)43-15-21(20-10-17(11-40-31(20)43)18-12-38-30(39-13-18)16-4-5-16)29(44)27-24(36)6-7-25(28(27)37)41-48(46,47)42-9-8-19(35)14-42/h1-3,6-7,10-13,15-16,19,41H,4-5,8-9,14H2/t19-/m1/s1. The average molecular weight is 716 g/mol. The van der Waals surface area contributed by atoms with E-state index < -0.39 is 57.5 Å². The molecule has 16 heteroatoms. The Bertz CT molecular complexity index is 2230. The minimum Gasteiger partial charge on any atom is -0.288 e. The molecule has 0 bridgehead atoms. The summed E-state index contributed by atoms with van der Waals surface area (Å²) in [5.41, 5.74) is -1.32. The monoisotopic (exact) mass is 714 g/mol. The fourth-order valence-corrected chi connectivity index (χ4v) is 7.37. The predicted octanol–water partition coefficient (Wildman–Crippen LogP) is 6.58. The van der Waals surface area contributed by atoms with E-state index in [0.717, 1.165) is 40.0 Å². The Morgan fingerprint density at radius 1 is 0.917 bits per heavy atom. The number of carbonyl (C=O) groups is 2. The van der Waals surface area contributed by atoms with Crippen LogP contribution in [-0.4, -0.2) is 63.2 Å². The maximum Gasteiger partial charge on any atom is 0.301 e. The van der Waals surface area contributed by atoms with Crippen molar-refractivity contribution in [3.63, 3.8) is 0 Å². The van der Waals surface area contributed by atoms with Crippen molar-refractivity contribution in [1.82, 2.24) is 23.8 Å². The van der Waals surface area contributed by atoms with Crippen LogP contribution in [-0.2, 0) is 10.2 Å². The Labute approximate surface area is 281 Å². The van der Waals surface area contributed by atoms with Crippen molar-refractivity contribution in [2.24, 2.45) is 0 Å². The van der Waals surface area contributed by atoms with Gasteiger partial charge in [-0.05, 0) is 49.6 Å². The Hall–Kier alpha value is -4.37. The first kappa shape index (κ1) is 32.2. The maximum atomic E-state index is 15.9. The maximum absolute atomic E-state index is 15.9. The summed E-state index contributed by atoms with van der Waals surface area (Å²) in [5.74, 6) is -3.77. The van der Waals surface area contributed by atoms with Gasteiger partial charge in [0.2, 0.25) is 5.78 Å². The van der Waals surface area contributed by atoms with Gasteiger partial charge >= 0.3 is 10.2 Å². The fraction of sp³-hybridized carbons (Fsp3) is 0.219. The smallest absolute Gasteiger partial charge is 0.288 e. The molecular weight excluding hydrogens is 692 g/mol. The van der Waals surface area contributed by atoms with Crippen molar-refractivity contribution >= 4 is 61.8 Å². The van der Waals surface area contributed by atoms with E-state index in [1.165, 1.54) is 30.5 Å². The van der Waals surface area contributed by atoms with Gasteiger partial charge in [-0.25, -0.2) is 28.1 Å². The Kier molecular flexibility index (Phi) is 8.22. The van der Waals surface area contributed by atoms with Crippen LogP contribution in [0.2, 0.25) is 10.0 Å². The molecule has 5 aromatic rings. The summed E-state index contributed by atoms with van der Waals surface area (Å²) in [6.07, 6.45) is 6.27. The highest BCUT2D eigenvalue weighted by Gasteiger charge is 2.34. The van der Waals surface area contributed by atoms with E-state index in [9.17, 15) is 22.4 Å². The third kappa shape index (κ3) is 5.82. The van der Waals surface area contributed by atoms with Gasteiger partial charge in [0.1, 0.15) is 23.5 Å². The summed E-state index contributed by atoms with van der Waals surface area (Å²) >= 11 is 12.6. The molecule has 7 rings (SSSR count). The van der Waals surface area contributed by atoms with Crippen LogP contribution >= 0.6 is 23.2 Å². The molecule has 4 heterocycles. The molecule has 246 valence electrons. The number of carbonyl (C=O) groups excluding carboxylic acids is 2. The molecule has 0 unspecified atom stereocenters. The first-order valence-corrected chi connectivity index (χ1v) is 16.9. The van der Waals surface area contributed by atoms with Crippen molar-refractivity contribution in [3.8, 4) is 11.1 Å². The number of nitrogens with zero attached hydrogens (tertiary/aromatic N) is 5. The quantitative estimate of drug-likeness (QED) is 0.180. The van der Waals surface area contributed by atoms with Crippen molar-refractivity contribution in [3.05, 3.63) is 105 Å². The van der Waals surface area contributed by atoms with E-state index >= 15 is 8.78 Å². The Morgan fingerprint density at radius 2 is 1.60 bits per heavy atom. The van der Waals surface area contributed by atoms with Gasteiger partial charge in [-0.3, -0.25) is 18.9 Å². The van der Waals surface area contributed by atoms with Crippen LogP contribution in [0.25, 0.3) is 22.2 Å². The number of halogens is 5. The first-order valence-electron chi connectivity index (χ1n) is 14.7. The third-order valence-corrected chi connectivity index (χ3v) is 10.3. The van der Waals surface area contributed by atoms with Crippen molar-refractivity contribution in [1.29, 1.82) is 0 Å². The molecule has 1 N–H and O–H groups in total. The highest BCUT2D eigenvalue weighted by molar-refractivity contribution is 7.90. The van der Waals surface area contributed by atoms with E-state index in [-0.39, 0.29) is 45.2 Å². The third-order valence-electron chi connectivity index (χ3n) is 8.22. The molecule has 0 radical (unpaired) electrons. The van der Waals surface area contributed by atoms with Crippen LogP contribution < -0.4 is 4.72 Å². The lowest BCUT2D eigenvalue weighted by Crippen LogP contribution is -2.34. The highest BCUT2D eigenvalue weighted by Crippen LogP contribution is 2.38. The van der Waals surface area contributed by atoms with Gasteiger partial charge in [0.05, 0.1) is 32.4 Å². The second-order valence-corrected chi connectivity index (χ2v) is 14.0. The molecule has 2 aromatic carbocycles. The molecule has 1 saturated heterocycles. The highest BCUT2D eigenvalue weighted by atomic mass is 35.5. The number of alkyl halides is 1. The molecule has 0 spiro atoms. The summed E-state index contributed by atoms with van der Waals surface area (Å²) in [7, 11) is -4.44. The van der Waals surface area contributed by atoms with E-state index in [1.807, 2.05) is 4.72 Å². The largest absolute Gasteiger partial charge is 0.301 e. The number of benzene rings is 2. The number of aromatic nitrogens is 4. The number of fused-ring (bicyclic) bond motifs is 1. The van der Waals surface area contributed by atoms with Crippen LogP contribution in [0.1, 0.15) is 57.3 Å². The van der Waals surface area contributed by atoms with Gasteiger partial charge < -0.3 is 0 Å². The lowest BCUT2D eigenvalue weighted by Gasteiger charge is -2.18. The first-order chi connectivity index (χ1) is 22.9. The van der Waals surface area contributed by atoms with Gasteiger partial charge in [0, 0.05) is 60.3 Å². The zero-order chi connectivity index (χ0) is 33.9. The molecule has 2 fully saturated rings. The van der Waals surface area contributed by atoms with E-state index in [0.29, 0.717) is 22.9 Å². The normalized spacial score (nSPS) is 16.8. The zero-order valence-electron chi connectivity index (χ0n) is 24.6. The molecule has 1 aliphatic heterocycles. The average Bonchev–Trinajstić information content (AvgIpc) is 3.70. The second kappa shape index (κ2) is 12.3.